The summed E-state index contributed by atoms with van der Waals surface area (Å²) in [7, 11) is 0. The van der Waals surface area contributed by atoms with Crippen molar-refractivity contribution in [1.82, 2.24) is 5.32 Å². The van der Waals surface area contributed by atoms with E-state index in [1.165, 1.54) is 32.1 Å². The lowest BCUT2D eigenvalue weighted by Gasteiger charge is -2.35. The Morgan fingerprint density at radius 1 is 1.29 bits per heavy atom. The van der Waals surface area contributed by atoms with Crippen LogP contribution in [0.2, 0.25) is 0 Å². The second-order valence-electron chi connectivity index (χ2n) is 5.90. The standard InChI is InChI=1S/C14H26ClNO/c1-12(2)6-7-13(17)16-11-14(10-15)8-4-3-5-9-14/h12H,3-11H2,1-2H3,(H,16,17). The van der Waals surface area contributed by atoms with E-state index in [0.717, 1.165) is 13.0 Å². The minimum Gasteiger partial charge on any atom is -0.356 e. The Kier molecular flexibility index (Phi) is 6.32. The number of nitrogens with one attached hydrogen (secondary N) is 1. The van der Waals surface area contributed by atoms with E-state index < -0.39 is 0 Å². The van der Waals surface area contributed by atoms with Gasteiger partial charge in [-0.05, 0) is 25.2 Å². The lowest BCUT2D eigenvalue weighted by atomic mass is 9.75. The van der Waals surface area contributed by atoms with Gasteiger partial charge in [-0.2, -0.15) is 0 Å². The molecule has 1 rings (SSSR count). The van der Waals surface area contributed by atoms with Crippen LogP contribution in [0.4, 0.5) is 0 Å². The summed E-state index contributed by atoms with van der Waals surface area (Å²) in [6.07, 6.45) is 7.79. The van der Waals surface area contributed by atoms with Gasteiger partial charge in [0.05, 0.1) is 0 Å². The van der Waals surface area contributed by atoms with E-state index in [2.05, 4.69) is 19.2 Å². The van der Waals surface area contributed by atoms with Crippen LogP contribution in [0.5, 0.6) is 0 Å². The largest absolute Gasteiger partial charge is 0.356 e. The molecule has 0 aromatic rings. The highest BCUT2D eigenvalue weighted by Gasteiger charge is 2.31. The third kappa shape index (κ3) is 5.29. The van der Waals surface area contributed by atoms with Crippen LogP contribution in [-0.4, -0.2) is 18.3 Å². The SMILES string of the molecule is CC(C)CCC(=O)NCC1(CCl)CCCCC1. The normalized spacial score (nSPS) is 19.3. The Bertz CT molecular complexity index is 234. The molecule has 1 N–H and O–H groups in total. The molecular weight excluding hydrogens is 234 g/mol. The lowest BCUT2D eigenvalue weighted by Crippen LogP contribution is -2.40. The number of halogens is 1. The van der Waals surface area contributed by atoms with Gasteiger partial charge in [-0.25, -0.2) is 0 Å². The molecule has 0 aromatic heterocycles. The molecule has 0 heterocycles. The van der Waals surface area contributed by atoms with Crippen LogP contribution in [0.3, 0.4) is 0 Å². The van der Waals surface area contributed by atoms with Crippen molar-refractivity contribution in [3.63, 3.8) is 0 Å². The zero-order valence-electron chi connectivity index (χ0n) is 11.2. The van der Waals surface area contributed by atoms with Gasteiger partial charge in [0.2, 0.25) is 5.91 Å². The van der Waals surface area contributed by atoms with Gasteiger partial charge in [0, 0.05) is 24.3 Å². The summed E-state index contributed by atoms with van der Waals surface area (Å²) in [5, 5.41) is 3.08. The van der Waals surface area contributed by atoms with Gasteiger partial charge in [-0.1, -0.05) is 33.1 Å². The molecule has 0 atom stereocenters. The summed E-state index contributed by atoms with van der Waals surface area (Å²) < 4.78 is 0. The predicted molar refractivity (Wildman–Crippen MR) is 73.3 cm³/mol. The third-order valence-electron chi connectivity index (χ3n) is 3.81. The first-order valence-electron chi connectivity index (χ1n) is 6.91. The van der Waals surface area contributed by atoms with E-state index in [1.807, 2.05) is 0 Å². The van der Waals surface area contributed by atoms with Gasteiger partial charge in [0.1, 0.15) is 0 Å². The smallest absolute Gasteiger partial charge is 0.220 e. The van der Waals surface area contributed by atoms with Crippen molar-refractivity contribution < 1.29 is 4.79 Å². The molecule has 1 aliphatic carbocycles. The highest BCUT2D eigenvalue weighted by Crippen LogP contribution is 2.36. The maximum atomic E-state index is 11.7. The van der Waals surface area contributed by atoms with Crippen molar-refractivity contribution in [2.24, 2.45) is 11.3 Å². The molecule has 1 fully saturated rings. The zero-order chi connectivity index (χ0) is 12.7. The fourth-order valence-electron chi connectivity index (χ4n) is 2.45. The molecular formula is C14H26ClNO. The van der Waals surface area contributed by atoms with Gasteiger partial charge in [0.25, 0.3) is 0 Å². The maximum absolute atomic E-state index is 11.7. The summed E-state index contributed by atoms with van der Waals surface area (Å²) >= 11 is 6.10. The summed E-state index contributed by atoms with van der Waals surface area (Å²) in [5.41, 5.74) is 0.174. The summed E-state index contributed by atoms with van der Waals surface area (Å²) in [6, 6.07) is 0. The van der Waals surface area contributed by atoms with Crippen molar-refractivity contribution in [2.75, 3.05) is 12.4 Å². The number of carbonyl (C=O) groups excluding carboxylic acids is 1. The molecule has 0 aromatic carbocycles. The fourth-order valence-corrected chi connectivity index (χ4v) is 2.82. The van der Waals surface area contributed by atoms with Crippen LogP contribution in [0, 0.1) is 11.3 Å². The van der Waals surface area contributed by atoms with Crippen LogP contribution in [0.15, 0.2) is 0 Å². The van der Waals surface area contributed by atoms with E-state index in [4.69, 9.17) is 11.6 Å². The second-order valence-corrected chi connectivity index (χ2v) is 6.17. The Balaban J connectivity index is 2.29. The van der Waals surface area contributed by atoms with E-state index >= 15 is 0 Å². The van der Waals surface area contributed by atoms with Crippen LogP contribution >= 0.6 is 11.6 Å². The van der Waals surface area contributed by atoms with Crippen LogP contribution < -0.4 is 5.32 Å². The lowest BCUT2D eigenvalue weighted by molar-refractivity contribution is -0.121. The highest BCUT2D eigenvalue weighted by atomic mass is 35.5. The third-order valence-corrected chi connectivity index (χ3v) is 4.37. The highest BCUT2D eigenvalue weighted by molar-refractivity contribution is 6.18. The molecule has 17 heavy (non-hydrogen) atoms. The molecule has 0 unspecified atom stereocenters. The molecule has 0 bridgehead atoms. The molecule has 3 heteroatoms. The van der Waals surface area contributed by atoms with Crippen molar-refractivity contribution >= 4 is 17.5 Å². The number of amides is 1. The van der Waals surface area contributed by atoms with Gasteiger partial charge in [-0.15, -0.1) is 11.6 Å². The van der Waals surface area contributed by atoms with E-state index in [1.54, 1.807) is 0 Å². The predicted octanol–water partition coefficient (Wildman–Crippen LogP) is 3.73. The van der Waals surface area contributed by atoms with E-state index in [9.17, 15) is 4.79 Å². The number of alkyl halides is 1. The van der Waals surface area contributed by atoms with Gasteiger partial charge in [0.15, 0.2) is 0 Å². The van der Waals surface area contributed by atoms with Gasteiger partial charge < -0.3 is 5.32 Å². The van der Waals surface area contributed by atoms with Gasteiger partial charge in [-0.3, -0.25) is 4.79 Å². The minimum absolute atomic E-state index is 0.174. The van der Waals surface area contributed by atoms with Crippen molar-refractivity contribution in [3.8, 4) is 0 Å². The molecule has 0 spiro atoms. The Hall–Kier alpha value is -0.240. The summed E-state index contributed by atoms with van der Waals surface area (Å²) in [6.45, 7) is 5.07. The molecule has 2 nitrogen and oxygen atoms in total. The molecule has 1 saturated carbocycles. The van der Waals surface area contributed by atoms with Crippen molar-refractivity contribution in [2.45, 2.75) is 58.8 Å². The average Bonchev–Trinajstić information content (AvgIpc) is 2.35. The Labute approximate surface area is 110 Å². The Morgan fingerprint density at radius 2 is 1.94 bits per heavy atom. The summed E-state index contributed by atoms with van der Waals surface area (Å²) in [4.78, 5) is 11.7. The van der Waals surface area contributed by atoms with Crippen LogP contribution in [0.1, 0.15) is 58.8 Å². The number of hydrogen-bond donors (Lipinski definition) is 1. The number of rotatable bonds is 6. The second kappa shape index (κ2) is 7.25. The summed E-state index contributed by atoms with van der Waals surface area (Å²) in [5.74, 6) is 1.46. The quantitative estimate of drug-likeness (QED) is 0.724. The maximum Gasteiger partial charge on any atom is 0.220 e. The first kappa shape index (κ1) is 14.8. The van der Waals surface area contributed by atoms with Crippen LogP contribution in [-0.2, 0) is 4.79 Å². The Morgan fingerprint density at radius 3 is 2.47 bits per heavy atom. The van der Waals surface area contributed by atoms with E-state index in [0.29, 0.717) is 18.2 Å². The van der Waals surface area contributed by atoms with Crippen molar-refractivity contribution in [1.29, 1.82) is 0 Å². The molecule has 1 amide bonds. The minimum atomic E-state index is 0.174. The molecule has 100 valence electrons. The number of hydrogen-bond acceptors (Lipinski definition) is 1. The first-order valence-corrected chi connectivity index (χ1v) is 7.44. The van der Waals surface area contributed by atoms with E-state index in [-0.39, 0.29) is 11.3 Å². The molecule has 0 radical (unpaired) electrons. The topological polar surface area (TPSA) is 29.1 Å². The number of carbonyl (C=O) groups is 1. The van der Waals surface area contributed by atoms with Crippen molar-refractivity contribution in [3.05, 3.63) is 0 Å². The van der Waals surface area contributed by atoms with Crippen LogP contribution in [0.25, 0.3) is 0 Å². The average molecular weight is 260 g/mol. The first-order chi connectivity index (χ1) is 8.08. The fraction of sp³-hybridized carbons (Fsp3) is 0.929. The zero-order valence-corrected chi connectivity index (χ0v) is 12.0. The molecule has 0 aliphatic heterocycles. The molecule has 1 aliphatic rings. The molecule has 0 saturated heterocycles. The monoisotopic (exact) mass is 259 g/mol. The van der Waals surface area contributed by atoms with Gasteiger partial charge >= 0.3 is 0 Å².